The highest BCUT2D eigenvalue weighted by molar-refractivity contribution is 6.33. The van der Waals surface area contributed by atoms with Crippen molar-refractivity contribution in [2.45, 2.75) is 20.8 Å². The lowest BCUT2D eigenvalue weighted by atomic mass is 10.4. The number of hydrogen-bond donors (Lipinski definition) is 1. The molecule has 0 aliphatic carbocycles. The second kappa shape index (κ2) is 5.22. The first-order chi connectivity index (χ1) is 5.61. The topological polar surface area (TPSA) is 33.1 Å². The number of rotatable bonds is 0. The fourth-order valence-corrected chi connectivity index (χ4v) is 0.869. The lowest BCUT2D eigenvalue weighted by molar-refractivity contribution is 0.472. The molecule has 0 aliphatic rings. The van der Waals surface area contributed by atoms with Crippen molar-refractivity contribution < 1.29 is 5.11 Å². The first-order valence-electron chi connectivity index (χ1n) is 3.63. The van der Waals surface area contributed by atoms with E-state index in [1.54, 1.807) is 6.92 Å². The molecule has 0 unspecified atom stereocenters. The third kappa shape index (κ3) is 2.88. The van der Waals surface area contributed by atoms with E-state index in [4.69, 9.17) is 28.3 Å². The Balaban J connectivity index is 0.000000561. The largest absolute Gasteiger partial charge is 0.505 e. The summed E-state index contributed by atoms with van der Waals surface area (Å²) >= 11 is 11.1. The molecule has 0 bridgehead atoms. The van der Waals surface area contributed by atoms with Gasteiger partial charge in [0.1, 0.15) is 0 Å². The quantitative estimate of drug-likeness (QED) is 0.662. The van der Waals surface area contributed by atoms with Crippen LogP contribution in [-0.2, 0) is 0 Å². The zero-order chi connectivity index (χ0) is 9.72. The average Bonchev–Trinajstić information content (AvgIpc) is 2.05. The summed E-state index contributed by atoms with van der Waals surface area (Å²) in [6.45, 7) is 5.72. The fraction of sp³-hybridized carbons (Fsp3) is 0.375. The molecule has 0 atom stereocenters. The Morgan fingerprint density at radius 1 is 1.33 bits per heavy atom. The zero-order valence-electron chi connectivity index (χ0n) is 7.23. The van der Waals surface area contributed by atoms with E-state index in [0.717, 1.165) is 0 Å². The molecule has 0 aliphatic heterocycles. The van der Waals surface area contributed by atoms with Crippen LogP contribution >= 0.6 is 23.2 Å². The van der Waals surface area contributed by atoms with Crippen molar-refractivity contribution in [3.05, 3.63) is 21.9 Å². The van der Waals surface area contributed by atoms with Crippen LogP contribution in [0.25, 0.3) is 0 Å². The van der Waals surface area contributed by atoms with Crippen molar-refractivity contribution in [1.29, 1.82) is 0 Å². The molecule has 0 aromatic carbocycles. The highest BCUT2D eigenvalue weighted by Crippen LogP contribution is 2.25. The van der Waals surface area contributed by atoms with Crippen LogP contribution in [0.2, 0.25) is 10.2 Å². The number of pyridine rings is 1. The van der Waals surface area contributed by atoms with E-state index in [9.17, 15) is 0 Å². The first kappa shape index (κ1) is 11.5. The van der Waals surface area contributed by atoms with E-state index in [0.29, 0.717) is 10.7 Å². The molecule has 1 aromatic rings. The van der Waals surface area contributed by atoms with E-state index in [1.165, 1.54) is 6.07 Å². The van der Waals surface area contributed by atoms with Crippen LogP contribution in [0.3, 0.4) is 0 Å². The highest BCUT2D eigenvalue weighted by Gasteiger charge is 2.02. The summed E-state index contributed by atoms with van der Waals surface area (Å²) < 4.78 is 0. The summed E-state index contributed by atoms with van der Waals surface area (Å²) in [5.74, 6) is -0.0859. The Morgan fingerprint density at radius 3 is 2.25 bits per heavy atom. The molecule has 1 aromatic heterocycles. The average molecular weight is 208 g/mol. The molecule has 0 saturated carbocycles. The molecular formula is C8H11Cl2NO. The second-order valence-electron chi connectivity index (χ2n) is 1.87. The zero-order valence-corrected chi connectivity index (χ0v) is 8.74. The summed E-state index contributed by atoms with van der Waals surface area (Å²) in [6, 6.07) is 1.37. The van der Waals surface area contributed by atoms with E-state index in [2.05, 4.69) is 4.98 Å². The second-order valence-corrected chi connectivity index (χ2v) is 2.63. The Morgan fingerprint density at radius 2 is 1.83 bits per heavy atom. The van der Waals surface area contributed by atoms with E-state index >= 15 is 0 Å². The van der Waals surface area contributed by atoms with E-state index in [1.807, 2.05) is 13.8 Å². The van der Waals surface area contributed by atoms with Crippen molar-refractivity contribution in [2.75, 3.05) is 0 Å². The molecule has 12 heavy (non-hydrogen) atoms. The van der Waals surface area contributed by atoms with E-state index < -0.39 is 0 Å². The van der Waals surface area contributed by atoms with Gasteiger partial charge in [-0.3, -0.25) is 0 Å². The molecule has 0 saturated heterocycles. The highest BCUT2D eigenvalue weighted by atomic mass is 35.5. The van der Waals surface area contributed by atoms with Crippen LogP contribution in [-0.4, -0.2) is 10.1 Å². The van der Waals surface area contributed by atoms with Crippen LogP contribution in [0.15, 0.2) is 6.07 Å². The van der Waals surface area contributed by atoms with Crippen molar-refractivity contribution in [3.8, 4) is 5.75 Å². The van der Waals surface area contributed by atoms with Gasteiger partial charge in [0.15, 0.2) is 10.9 Å². The van der Waals surface area contributed by atoms with Gasteiger partial charge in [0.25, 0.3) is 0 Å². The van der Waals surface area contributed by atoms with E-state index in [-0.39, 0.29) is 10.9 Å². The standard InChI is InChI=1S/C6H5Cl2NO.C2H6/c1-3-4(7)2-5(10)6(8)9-3;1-2/h2,10H,1H3;1-2H3. The Hall–Kier alpha value is -0.470. The van der Waals surface area contributed by atoms with Gasteiger partial charge in [-0.1, -0.05) is 37.0 Å². The predicted molar refractivity (Wildman–Crippen MR) is 52.0 cm³/mol. The lowest BCUT2D eigenvalue weighted by Gasteiger charge is -1.98. The normalized spacial score (nSPS) is 8.75. The maximum atomic E-state index is 8.95. The maximum Gasteiger partial charge on any atom is 0.171 e. The molecule has 68 valence electrons. The molecule has 1 rings (SSSR count). The summed E-state index contributed by atoms with van der Waals surface area (Å²) in [5, 5.41) is 9.45. The van der Waals surface area contributed by atoms with Gasteiger partial charge in [-0.05, 0) is 6.92 Å². The number of halogens is 2. The summed E-state index contributed by atoms with van der Waals surface area (Å²) in [7, 11) is 0. The molecule has 1 N–H and O–H groups in total. The Kier molecular flexibility index (Phi) is 5.02. The van der Waals surface area contributed by atoms with Crippen LogP contribution < -0.4 is 0 Å². The lowest BCUT2D eigenvalue weighted by Crippen LogP contribution is -1.82. The van der Waals surface area contributed by atoms with Crippen LogP contribution in [0.1, 0.15) is 19.5 Å². The van der Waals surface area contributed by atoms with Gasteiger partial charge in [-0.15, -0.1) is 0 Å². The summed E-state index contributed by atoms with van der Waals surface area (Å²) in [4.78, 5) is 3.76. The van der Waals surface area contributed by atoms with Crippen molar-refractivity contribution in [2.24, 2.45) is 0 Å². The molecule has 0 fully saturated rings. The molecule has 0 spiro atoms. The van der Waals surface area contributed by atoms with Gasteiger partial charge < -0.3 is 5.11 Å². The Bertz CT molecular complexity index is 213. The summed E-state index contributed by atoms with van der Waals surface area (Å²) in [5.41, 5.74) is 0.615. The third-order valence-corrected chi connectivity index (χ3v) is 1.75. The SMILES string of the molecule is CC.Cc1nc(Cl)c(O)cc1Cl. The van der Waals surface area contributed by atoms with Gasteiger partial charge >= 0.3 is 0 Å². The molecule has 0 radical (unpaired) electrons. The van der Waals surface area contributed by atoms with Gasteiger partial charge in [0, 0.05) is 6.07 Å². The van der Waals surface area contributed by atoms with Crippen molar-refractivity contribution >= 4 is 23.2 Å². The van der Waals surface area contributed by atoms with Gasteiger partial charge in [-0.25, -0.2) is 4.98 Å². The van der Waals surface area contributed by atoms with Crippen molar-refractivity contribution in [1.82, 2.24) is 4.98 Å². The predicted octanol–water partition coefficient (Wildman–Crippen LogP) is 3.43. The maximum absolute atomic E-state index is 8.95. The first-order valence-corrected chi connectivity index (χ1v) is 4.38. The number of hydrogen-bond acceptors (Lipinski definition) is 2. The smallest absolute Gasteiger partial charge is 0.171 e. The minimum Gasteiger partial charge on any atom is -0.505 e. The van der Waals surface area contributed by atoms with Crippen LogP contribution in [0.4, 0.5) is 0 Å². The van der Waals surface area contributed by atoms with Crippen LogP contribution in [0, 0.1) is 6.92 Å². The Labute approximate surface area is 82.2 Å². The number of aryl methyl sites for hydroxylation is 1. The van der Waals surface area contributed by atoms with Crippen molar-refractivity contribution in [3.63, 3.8) is 0 Å². The number of aromatic nitrogens is 1. The van der Waals surface area contributed by atoms with Gasteiger partial charge in [-0.2, -0.15) is 0 Å². The van der Waals surface area contributed by atoms with Gasteiger partial charge in [0.2, 0.25) is 0 Å². The molecule has 4 heteroatoms. The monoisotopic (exact) mass is 207 g/mol. The van der Waals surface area contributed by atoms with Gasteiger partial charge in [0.05, 0.1) is 10.7 Å². The minimum absolute atomic E-state index is 0.0851. The fourth-order valence-electron chi connectivity index (χ4n) is 0.542. The third-order valence-electron chi connectivity index (χ3n) is 1.09. The summed E-state index contributed by atoms with van der Waals surface area (Å²) in [6.07, 6.45) is 0. The molecular weight excluding hydrogens is 197 g/mol. The minimum atomic E-state index is -0.0859. The van der Waals surface area contributed by atoms with Crippen LogP contribution in [0.5, 0.6) is 5.75 Å². The number of aromatic hydroxyl groups is 1. The molecule has 1 heterocycles. The molecule has 2 nitrogen and oxygen atoms in total. The molecule has 0 amide bonds. The number of nitrogens with zero attached hydrogens (tertiary/aromatic N) is 1.